The molecule has 0 aliphatic carbocycles. The molecule has 0 atom stereocenters. The molecule has 320 valence electrons. The average molecular weight is 857 g/mol. The highest BCUT2D eigenvalue weighted by atomic mass is 19.4. The number of anilines is 2. The van der Waals surface area contributed by atoms with Crippen LogP contribution < -0.4 is 22.5 Å². The van der Waals surface area contributed by atoms with Crippen LogP contribution in [0.15, 0.2) is 85.2 Å². The number of nitrogens with zero attached hydrogens (tertiary/aromatic N) is 6. The number of aromatic carboxylic acids is 1. The summed E-state index contributed by atoms with van der Waals surface area (Å²) in [5, 5.41) is 12.7. The van der Waals surface area contributed by atoms with Gasteiger partial charge in [0.25, 0.3) is 5.91 Å². The summed E-state index contributed by atoms with van der Waals surface area (Å²) >= 11 is 0. The number of nitrogens with one attached hydrogen (secondary N) is 1. The first-order valence-corrected chi connectivity index (χ1v) is 18.2. The number of carboxylic acid groups (broad SMARTS) is 1. The second-order valence-corrected chi connectivity index (χ2v) is 14.2. The van der Waals surface area contributed by atoms with E-state index in [0.29, 0.717) is 46.4 Å². The fourth-order valence-corrected chi connectivity index (χ4v) is 6.54. The molecule has 4 aromatic heterocycles. The number of rotatable bonds is 7. The van der Waals surface area contributed by atoms with Crippen molar-refractivity contribution in [2.75, 3.05) is 50.7 Å². The summed E-state index contributed by atoms with van der Waals surface area (Å²) in [4.78, 5) is 42.9. The van der Waals surface area contributed by atoms with Gasteiger partial charge in [-0.25, -0.2) is 33.5 Å². The van der Waals surface area contributed by atoms with E-state index in [-0.39, 0.29) is 64.8 Å². The molecule has 2 aliphatic heterocycles. The molecule has 0 radical (unpaired) electrons. The topological polar surface area (TPSA) is 202 Å². The number of carbonyl (C=O) groups excluding carboxylic acids is 1. The van der Waals surface area contributed by atoms with Crippen LogP contribution in [0.5, 0.6) is 0 Å². The van der Waals surface area contributed by atoms with Crippen molar-refractivity contribution >= 4 is 45.3 Å². The van der Waals surface area contributed by atoms with Crippen molar-refractivity contribution in [3.8, 4) is 22.5 Å². The molecule has 21 heteroatoms. The number of alkyl halides is 6. The van der Waals surface area contributed by atoms with E-state index in [9.17, 15) is 44.7 Å². The van der Waals surface area contributed by atoms with Crippen molar-refractivity contribution in [2.24, 2.45) is 5.73 Å². The molecule has 0 unspecified atom stereocenters. The van der Waals surface area contributed by atoms with Crippen molar-refractivity contribution in [1.29, 1.82) is 0 Å². The third-order valence-corrected chi connectivity index (χ3v) is 9.32. The predicted molar refractivity (Wildman–Crippen MR) is 210 cm³/mol. The van der Waals surface area contributed by atoms with Crippen molar-refractivity contribution in [3.05, 3.63) is 108 Å². The lowest BCUT2D eigenvalue weighted by molar-refractivity contribution is -0.155. The van der Waals surface area contributed by atoms with Crippen LogP contribution in [0.3, 0.4) is 0 Å². The molecule has 0 spiro atoms. The summed E-state index contributed by atoms with van der Waals surface area (Å²) < 4.78 is 98.7. The first kappa shape index (κ1) is 44.0. The van der Waals surface area contributed by atoms with E-state index in [0.717, 1.165) is 0 Å². The number of aromatic nitrogens is 4. The third kappa shape index (κ3) is 11.4. The van der Waals surface area contributed by atoms with Gasteiger partial charge in [-0.3, -0.25) is 14.6 Å². The van der Waals surface area contributed by atoms with Crippen LogP contribution in [0.1, 0.15) is 20.7 Å². The normalized spacial score (nSPS) is 14.9. The quantitative estimate of drug-likeness (QED) is 0.119. The molecule has 0 saturated carbocycles. The molecular weight excluding hydrogens is 820 g/mol. The monoisotopic (exact) mass is 856 g/mol. The SMILES string of the molecule is NC1CN(CC(F)(F)F)C1.Nc1ncc(C(=O)NC2CN(CC(F)(F)F)C2)c2ccc(-c3cccc(F)c3)nc12.Nc1ncc(C(=O)O)c2ccc(-c3cccc(F)c3)nc12. The van der Waals surface area contributed by atoms with Crippen LogP contribution in [0.4, 0.5) is 46.8 Å². The Hall–Kier alpha value is -6.58. The summed E-state index contributed by atoms with van der Waals surface area (Å²) in [6, 6.07) is 17.9. The Morgan fingerprint density at radius 1 is 0.689 bits per heavy atom. The Kier molecular flexibility index (Phi) is 12.9. The van der Waals surface area contributed by atoms with Gasteiger partial charge in [0.2, 0.25) is 0 Å². The fourth-order valence-electron chi connectivity index (χ4n) is 6.54. The number of fused-ring (bicyclic) bond motifs is 2. The van der Waals surface area contributed by atoms with Crippen molar-refractivity contribution in [1.82, 2.24) is 35.1 Å². The first-order valence-electron chi connectivity index (χ1n) is 18.2. The Labute approximate surface area is 341 Å². The van der Waals surface area contributed by atoms with Crippen LogP contribution in [-0.2, 0) is 0 Å². The summed E-state index contributed by atoms with van der Waals surface area (Å²) in [5.74, 6) is -2.11. The highest BCUT2D eigenvalue weighted by Crippen LogP contribution is 2.28. The number of halogens is 8. The maximum absolute atomic E-state index is 13.5. The lowest BCUT2D eigenvalue weighted by atomic mass is 10.1. The van der Waals surface area contributed by atoms with Gasteiger partial charge in [0.1, 0.15) is 34.3 Å². The van der Waals surface area contributed by atoms with Crippen LogP contribution in [-0.4, -0.2) is 110 Å². The highest BCUT2D eigenvalue weighted by Gasteiger charge is 2.38. The van der Waals surface area contributed by atoms with E-state index in [1.54, 1.807) is 48.5 Å². The fraction of sp³-hybridized carbons (Fsp3) is 0.250. The van der Waals surface area contributed by atoms with E-state index >= 15 is 0 Å². The van der Waals surface area contributed by atoms with Gasteiger partial charge in [0.05, 0.1) is 41.6 Å². The van der Waals surface area contributed by atoms with Crippen molar-refractivity contribution < 1.29 is 49.8 Å². The van der Waals surface area contributed by atoms with Gasteiger partial charge in [-0.05, 0) is 48.5 Å². The molecular formula is C40H36F8N10O3. The highest BCUT2D eigenvalue weighted by molar-refractivity contribution is 6.08. The first-order chi connectivity index (χ1) is 28.7. The van der Waals surface area contributed by atoms with E-state index in [1.807, 2.05) is 0 Å². The van der Waals surface area contributed by atoms with E-state index < -0.39 is 43.1 Å². The third-order valence-electron chi connectivity index (χ3n) is 9.32. The Bertz CT molecular complexity index is 2560. The zero-order valence-electron chi connectivity index (χ0n) is 31.7. The molecule has 8 rings (SSSR count). The summed E-state index contributed by atoms with van der Waals surface area (Å²) in [6.07, 6.45) is -5.83. The van der Waals surface area contributed by atoms with Gasteiger partial charge in [0, 0.05) is 66.5 Å². The predicted octanol–water partition coefficient (Wildman–Crippen LogP) is 5.90. The van der Waals surface area contributed by atoms with E-state index in [2.05, 4.69) is 25.3 Å². The Balaban J connectivity index is 0.000000173. The number of pyridine rings is 4. The summed E-state index contributed by atoms with van der Waals surface area (Å²) in [5.41, 5.74) is 19.9. The van der Waals surface area contributed by atoms with Gasteiger partial charge in [-0.1, -0.05) is 24.3 Å². The molecule has 2 saturated heterocycles. The standard InChI is InChI=1S/C20H17F4N5O.C15H10FN3O2.C5H9F3N2/c21-12-3-1-2-11(6-12)16-5-4-14-15(7-26-18(25)17(14)28-16)19(30)27-13-8-29(9-13)10-20(22,23)24;16-9-3-1-2-8(6-9)12-5-4-10-11(15(20)21)7-18-14(17)13(10)19-12;6-5(7,8)3-10-1-4(9)2-10/h1-7,13H,8-10H2,(H2,25,26)(H,27,30);1-7H,(H2,17,18)(H,20,21);4H,1-3,9H2. The second kappa shape index (κ2) is 18.0. The number of carbonyl (C=O) groups is 2. The summed E-state index contributed by atoms with van der Waals surface area (Å²) in [7, 11) is 0. The summed E-state index contributed by atoms with van der Waals surface area (Å²) in [6.45, 7) is -0.834. The molecule has 61 heavy (non-hydrogen) atoms. The number of nitrogens with two attached hydrogens (primary N) is 3. The molecule has 6 aromatic rings. The molecule has 2 aliphatic rings. The largest absolute Gasteiger partial charge is 0.478 e. The Morgan fingerprint density at radius 2 is 1.13 bits per heavy atom. The molecule has 0 bridgehead atoms. The Morgan fingerprint density at radius 3 is 1.56 bits per heavy atom. The van der Waals surface area contributed by atoms with Gasteiger partial charge < -0.3 is 27.6 Å². The minimum absolute atomic E-state index is 0.0255. The van der Waals surface area contributed by atoms with Crippen LogP contribution in [0, 0.1) is 11.6 Å². The van der Waals surface area contributed by atoms with Crippen LogP contribution in [0.2, 0.25) is 0 Å². The molecule has 8 N–H and O–H groups in total. The lowest BCUT2D eigenvalue weighted by Crippen LogP contribution is -2.60. The zero-order chi connectivity index (χ0) is 44.2. The second-order valence-electron chi connectivity index (χ2n) is 14.2. The smallest absolute Gasteiger partial charge is 0.401 e. The zero-order valence-corrected chi connectivity index (χ0v) is 31.7. The number of benzene rings is 2. The van der Waals surface area contributed by atoms with Crippen molar-refractivity contribution in [3.63, 3.8) is 0 Å². The average Bonchev–Trinajstić information content (AvgIpc) is 3.16. The molecule has 13 nitrogen and oxygen atoms in total. The lowest BCUT2D eigenvalue weighted by Gasteiger charge is -2.39. The maximum atomic E-state index is 13.5. The van der Waals surface area contributed by atoms with Crippen LogP contribution >= 0.6 is 0 Å². The van der Waals surface area contributed by atoms with Gasteiger partial charge in [-0.2, -0.15) is 26.3 Å². The minimum atomic E-state index is -4.27. The maximum Gasteiger partial charge on any atom is 0.401 e. The molecule has 2 fully saturated rings. The molecule has 1 amide bonds. The van der Waals surface area contributed by atoms with Crippen LogP contribution in [0.25, 0.3) is 44.3 Å². The minimum Gasteiger partial charge on any atom is -0.478 e. The van der Waals surface area contributed by atoms with E-state index in [1.165, 1.54) is 46.5 Å². The number of likely N-dealkylation sites (tertiary alicyclic amines) is 2. The van der Waals surface area contributed by atoms with Gasteiger partial charge >= 0.3 is 18.3 Å². The number of nitrogen functional groups attached to an aromatic ring is 2. The number of hydrogen-bond donors (Lipinski definition) is 5. The number of amides is 1. The number of hydrogen-bond acceptors (Lipinski definition) is 11. The van der Waals surface area contributed by atoms with Crippen molar-refractivity contribution in [2.45, 2.75) is 24.4 Å². The van der Waals surface area contributed by atoms with Gasteiger partial charge in [-0.15, -0.1) is 0 Å². The van der Waals surface area contributed by atoms with Gasteiger partial charge in [0.15, 0.2) is 0 Å². The molecule has 6 heterocycles. The van der Waals surface area contributed by atoms with E-state index in [4.69, 9.17) is 22.3 Å². The number of carboxylic acids is 1. The molecule has 2 aromatic carbocycles.